The molecule has 0 aromatic carbocycles. The van der Waals surface area contributed by atoms with Crippen LogP contribution in [0.1, 0.15) is 39.5 Å². The molecule has 6 heteroatoms. The normalized spacial score (nSPS) is 24.3. The highest BCUT2D eigenvalue weighted by Crippen LogP contribution is 2.39. The Labute approximate surface area is 198 Å². The Morgan fingerprint density at radius 1 is 1.34 bits per heavy atom. The fourth-order valence-electron chi connectivity index (χ4n) is 4.22. The van der Waals surface area contributed by atoms with Gasteiger partial charge in [0, 0.05) is 36.4 Å². The summed E-state index contributed by atoms with van der Waals surface area (Å²) in [5.41, 5.74) is 1.74. The molecule has 1 heterocycles. The zero-order chi connectivity index (χ0) is 23.5. The SMILES string of the molecule is C=C(/C=C\CO)CS[C@H]1CC(O)=CC[C@H]1C(=C)[C@@H](O)[C@@H](/C=C\OC1CN(CCC)C1)CC. The maximum atomic E-state index is 11.1. The number of aliphatic hydroxyl groups is 3. The van der Waals surface area contributed by atoms with Crippen molar-refractivity contribution in [2.75, 3.05) is 32.0 Å². The Balaban J connectivity index is 1.92. The second-order valence-electron chi connectivity index (χ2n) is 8.77. The lowest BCUT2D eigenvalue weighted by Gasteiger charge is -2.38. The minimum atomic E-state index is -0.656. The van der Waals surface area contributed by atoms with E-state index in [0.29, 0.717) is 24.4 Å². The van der Waals surface area contributed by atoms with Gasteiger partial charge in [0.15, 0.2) is 0 Å². The molecule has 1 fully saturated rings. The summed E-state index contributed by atoms with van der Waals surface area (Å²) < 4.78 is 5.85. The highest BCUT2D eigenvalue weighted by molar-refractivity contribution is 8.00. The van der Waals surface area contributed by atoms with E-state index < -0.39 is 6.10 Å². The topological polar surface area (TPSA) is 73.2 Å². The number of aliphatic hydroxyl groups excluding tert-OH is 3. The molecule has 0 radical (unpaired) electrons. The van der Waals surface area contributed by atoms with Crippen LogP contribution in [-0.4, -0.2) is 69.7 Å². The lowest BCUT2D eigenvalue weighted by molar-refractivity contribution is -0.00918. The van der Waals surface area contributed by atoms with Crippen LogP contribution >= 0.6 is 11.8 Å². The summed E-state index contributed by atoms with van der Waals surface area (Å²) in [4.78, 5) is 2.38. The Bertz CT molecular complexity index is 696. The minimum absolute atomic E-state index is 0.00432. The van der Waals surface area contributed by atoms with Crippen LogP contribution in [0.3, 0.4) is 0 Å². The smallest absolute Gasteiger partial charge is 0.123 e. The molecule has 3 N–H and O–H groups in total. The third-order valence-corrected chi connectivity index (χ3v) is 7.66. The van der Waals surface area contributed by atoms with Gasteiger partial charge in [-0.25, -0.2) is 0 Å². The summed E-state index contributed by atoms with van der Waals surface area (Å²) in [6.45, 7) is 15.6. The molecule has 0 saturated carbocycles. The number of hydrogen-bond donors (Lipinski definition) is 3. The van der Waals surface area contributed by atoms with Crippen LogP contribution in [0.4, 0.5) is 0 Å². The second-order valence-corrected chi connectivity index (χ2v) is 10.00. The van der Waals surface area contributed by atoms with E-state index >= 15 is 0 Å². The molecule has 32 heavy (non-hydrogen) atoms. The summed E-state index contributed by atoms with van der Waals surface area (Å²) in [6, 6.07) is 0. The van der Waals surface area contributed by atoms with Gasteiger partial charge in [-0.1, -0.05) is 39.2 Å². The van der Waals surface area contributed by atoms with Crippen molar-refractivity contribution in [1.82, 2.24) is 4.90 Å². The molecule has 0 aromatic rings. The molecule has 180 valence electrons. The number of thioether (sulfide) groups is 1. The Morgan fingerprint density at radius 2 is 2.09 bits per heavy atom. The van der Waals surface area contributed by atoms with E-state index in [1.54, 1.807) is 24.1 Å². The average Bonchev–Trinajstić information content (AvgIpc) is 2.76. The van der Waals surface area contributed by atoms with Crippen LogP contribution in [-0.2, 0) is 4.74 Å². The van der Waals surface area contributed by atoms with Gasteiger partial charge in [0.05, 0.1) is 24.7 Å². The van der Waals surface area contributed by atoms with Gasteiger partial charge < -0.3 is 20.1 Å². The Hall–Kier alpha value is -1.47. The first-order valence-corrected chi connectivity index (χ1v) is 12.8. The standard InChI is InChI=1S/C26H41NO4S/c1-5-12-27-16-23(17-27)31-14-11-21(6-2)26(30)20(4)24-10-9-22(29)15-25(24)32-18-19(3)8-7-13-28/h7-9,11,14,21,23-26,28-30H,3-6,10,12-13,15-18H2,1-2H3/b8-7-,14-11-/t21-,24+,25+,26-/m1/s1. The summed E-state index contributed by atoms with van der Waals surface area (Å²) in [7, 11) is 0. The van der Waals surface area contributed by atoms with Gasteiger partial charge in [0.2, 0.25) is 0 Å². The molecule has 0 bridgehead atoms. The van der Waals surface area contributed by atoms with E-state index in [0.717, 1.165) is 43.6 Å². The predicted molar refractivity (Wildman–Crippen MR) is 135 cm³/mol. The van der Waals surface area contributed by atoms with Crippen molar-refractivity contribution in [2.24, 2.45) is 11.8 Å². The van der Waals surface area contributed by atoms with E-state index in [4.69, 9.17) is 9.84 Å². The lowest BCUT2D eigenvalue weighted by Crippen LogP contribution is -2.51. The molecule has 0 aromatic heterocycles. The van der Waals surface area contributed by atoms with Crippen LogP contribution in [0.5, 0.6) is 0 Å². The van der Waals surface area contributed by atoms with Gasteiger partial charge in [0.1, 0.15) is 6.10 Å². The monoisotopic (exact) mass is 463 g/mol. The van der Waals surface area contributed by atoms with Gasteiger partial charge in [-0.15, -0.1) is 0 Å². The minimum Gasteiger partial charge on any atom is -0.513 e. The number of ether oxygens (including phenoxy) is 1. The largest absolute Gasteiger partial charge is 0.513 e. The molecule has 4 atom stereocenters. The van der Waals surface area contributed by atoms with E-state index in [9.17, 15) is 10.2 Å². The van der Waals surface area contributed by atoms with Crippen molar-refractivity contribution in [3.05, 3.63) is 60.6 Å². The summed E-state index contributed by atoms with van der Waals surface area (Å²) >= 11 is 1.72. The Kier molecular flexibility index (Phi) is 11.7. The van der Waals surface area contributed by atoms with Crippen molar-refractivity contribution in [3.8, 4) is 0 Å². The van der Waals surface area contributed by atoms with Crippen molar-refractivity contribution in [1.29, 1.82) is 0 Å². The zero-order valence-corrected chi connectivity index (χ0v) is 20.5. The third kappa shape index (κ3) is 8.14. The summed E-state index contributed by atoms with van der Waals surface area (Å²) in [5.74, 6) is 1.13. The highest BCUT2D eigenvalue weighted by Gasteiger charge is 2.33. The molecule has 2 rings (SSSR count). The summed E-state index contributed by atoms with van der Waals surface area (Å²) in [5, 5.41) is 30.2. The molecule has 0 unspecified atom stereocenters. The highest BCUT2D eigenvalue weighted by atomic mass is 32.2. The first-order chi connectivity index (χ1) is 15.4. The molecule has 5 nitrogen and oxygen atoms in total. The van der Waals surface area contributed by atoms with Crippen LogP contribution in [0.15, 0.2) is 60.6 Å². The van der Waals surface area contributed by atoms with Crippen molar-refractivity contribution in [2.45, 2.75) is 57.0 Å². The number of allylic oxidation sites excluding steroid dienone is 3. The molecular formula is C26H41NO4S. The quantitative estimate of drug-likeness (QED) is 0.198. The average molecular weight is 464 g/mol. The van der Waals surface area contributed by atoms with Gasteiger partial charge in [-0.2, -0.15) is 11.8 Å². The van der Waals surface area contributed by atoms with Crippen LogP contribution in [0, 0.1) is 11.8 Å². The molecule has 0 spiro atoms. The van der Waals surface area contributed by atoms with Gasteiger partial charge in [-0.05, 0) is 55.0 Å². The van der Waals surface area contributed by atoms with Crippen LogP contribution < -0.4 is 0 Å². The molecule has 2 aliphatic rings. The predicted octanol–water partition coefficient (Wildman–Crippen LogP) is 4.61. The maximum absolute atomic E-state index is 11.1. The molecule has 0 amide bonds. The molecule has 1 saturated heterocycles. The van der Waals surface area contributed by atoms with Crippen LogP contribution in [0.2, 0.25) is 0 Å². The van der Waals surface area contributed by atoms with E-state index in [1.165, 1.54) is 0 Å². The van der Waals surface area contributed by atoms with Crippen molar-refractivity contribution < 1.29 is 20.1 Å². The number of nitrogens with zero attached hydrogens (tertiary/aromatic N) is 1. The first-order valence-electron chi connectivity index (χ1n) is 11.8. The second kappa shape index (κ2) is 13.9. The number of rotatable bonds is 14. The fourth-order valence-corrected chi connectivity index (χ4v) is 5.55. The summed E-state index contributed by atoms with van der Waals surface area (Å²) in [6.07, 6.45) is 11.8. The fraction of sp³-hybridized carbons (Fsp3) is 0.615. The van der Waals surface area contributed by atoms with Gasteiger partial charge in [0.25, 0.3) is 0 Å². The zero-order valence-electron chi connectivity index (χ0n) is 19.7. The molecule has 1 aliphatic carbocycles. The van der Waals surface area contributed by atoms with E-state index in [2.05, 4.69) is 31.9 Å². The van der Waals surface area contributed by atoms with E-state index in [1.807, 2.05) is 18.2 Å². The van der Waals surface area contributed by atoms with Gasteiger partial charge >= 0.3 is 0 Å². The first kappa shape index (κ1) is 26.8. The Morgan fingerprint density at radius 3 is 2.75 bits per heavy atom. The maximum Gasteiger partial charge on any atom is 0.123 e. The van der Waals surface area contributed by atoms with Crippen molar-refractivity contribution >= 4 is 11.8 Å². The van der Waals surface area contributed by atoms with Crippen LogP contribution in [0.25, 0.3) is 0 Å². The lowest BCUT2D eigenvalue weighted by atomic mass is 9.80. The molecule has 1 aliphatic heterocycles. The van der Waals surface area contributed by atoms with Gasteiger partial charge in [-0.3, -0.25) is 4.90 Å². The van der Waals surface area contributed by atoms with Crippen molar-refractivity contribution in [3.63, 3.8) is 0 Å². The number of hydrogen-bond acceptors (Lipinski definition) is 6. The van der Waals surface area contributed by atoms with E-state index in [-0.39, 0.29) is 29.8 Å². The number of likely N-dealkylation sites (tertiary alicyclic amines) is 1. The molecular weight excluding hydrogens is 422 g/mol. The third-order valence-electron chi connectivity index (χ3n) is 6.20.